The number of rotatable bonds is 7. The van der Waals surface area contributed by atoms with Crippen molar-refractivity contribution in [1.29, 1.82) is 0 Å². The summed E-state index contributed by atoms with van der Waals surface area (Å²) in [5.41, 5.74) is 0.960. The van der Waals surface area contributed by atoms with Crippen LogP contribution < -0.4 is 4.90 Å². The van der Waals surface area contributed by atoms with E-state index in [9.17, 15) is 15.2 Å². The first-order valence-electron chi connectivity index (χ1n) is 7.06. The lowest BCUT2D eigenvalue weighted by Crippen LogP contribution is -2.27. The van der Waals surface area contributed by atoms with E-state index in [1.165, 1.54) is 6.07 Å². The lowest BCUT2D eigenvalue weighted by Gasteiger charge is -2.25. The van der Waals surface area contributed by atoms with Gasteiger partial charge in [-0.25, -0.2) is 0 Å². The zero-order valence-electron chi connectivity index (χ0n) is 12.0. The molecule has 1 heterocycles. The van der Waals surface area contributed by atoms with Crippen LogP contribution in [0.25, 0.3) is 10.8 Å². The van der Waals surface area contributed by atoms with E-state index in [-0.39, 0.29) is 17.2 Å². The smallest absolute Gasteiger partial charge is 0.277 e. The summed E-state index contributed by atoms with van der Waals surface area (Å²) in [5.74, 6) is 0. The van der Waals surface area contributed by atoms with Gasteiger partial charge in [0.15, 0.2) is 0 Å². The largest absolute Gasteiger partial charge is 0.395 e. The Labute approximate surface area is 123 Å². The molecule has 6 nitrogen and oxygen atoms in total. The molecule has 0 saturated heterocycles. The summed E-state index contributed by atoms with van der Waals surface area (Å²) in [5, 5.41) is 21.7. The summed E-state index contributed by atoms with van der Waals surface area (Å²) < 4.78 is 0. The van der Waals surface area contributed by atoms with Gasteiger partial charge in [0.25, 0.3) is 5.69 Å². The van der Waals surface area contributed by atoms with Crippen LogP contribution in [0.4, 0.5) is 11.4 Å². The molecule has 0 amide bonds. The number of fused-ring (bicyclic) bond motifs is 1. The number of aliphatic hydroxyl groups is 1. The minimum absolute atomic E-state index is 0.0441. The third kappa shape index (κ3) is 3.28. The molecule has 0 radical (unpaired) electrons. The van der Waals surface area contributed by atoms with Gasteiger partial charge in [0.2, 0.25) is 0 Å². The molecule has 6 heteroatoms. The van der Waals surface area contributed by atoms with E-state index >= 15 is 0 Å². The molecule has 0 saturated carbocycles. The monoisotopic (exact) mass is 289 g/mol. The maximum absolute atomic E-state index is 11.1. The molecule has 0 aliphatic carbocycles. The van der Waals surface area contributed by atoms with Gasteiger partial charge in [-0.1, -0.05) is 13.3 Å². The number of pyridine rings is 1. The highest BCUT2D eigenvalue weighted by atomic mass is 16.6. The Bertz CT molecular complexity index is 631. The van der Waals surface area contributed by atoms with E-state index in [2.05, 4.69) is 16.8 Å². The number of nitrogens with zero attached hydrogens (tertiary/aromatic N) is 3. The highest BCUT2D eigenvalue weighted by Gasteiger charge is 2.17. The number of unbranched alkanes of at least 4 members (excludes halogenated alkanes) is 1. The van der Waals surface area contributed by atoms with Crippen molar-refractivity contribution in [3.8, 4) is 0 Å². The fourth-order valence-electron chi connectivity index (χ4n) is 2.42. The SMILES string of the molecule is CCCCN(CCO)c1ccc([N+](=O)[O-])c2ccncc12. The van der Waals surface area contributed by atoms with E-state index in [1.807, 2.05) is 0 Å². The summed E-state index contributed by atoms with van der Waals surface area (Å²) >= 11 is 0. The molecule has 0 spiro atoms. The number of aliphatic hydroxyl groups excluding tert-OH is 1. The Morgan fingerprint density at radius 1 is 1.29 bits per heavy atom. The summed E-state index contributed by atoms with van der Waals surface area (Å²) in [6, 6.07) is 4.93. The molecule has 0 atom stereocenters. The van der Waals surface area contributed by atoms with Crippen LogP contribution in [-0.2, 0) is 0 Å². The molecule has 0 bridgehead atoms. The Morgan fingerprint density at radius 3 is 2.76 bits per heavy atom. The minimum atomic E-state index is -0.380. The lowest BCUT2D eigenvalue weighted by molar-refractivity contribution is -0.383. The fourth-order valence-corrected chi connectivity index (χ4v) is 2.42. The molecule has 21 heavy (non-hydrogen) atoms. The molecule has 0 aliphatic rings. The Balaban J connectivity index is 2.52. The third-order valence-electron chi connectivity index (χ3n) is 3.46. The number of non-ortho nitro benzene ring substituents is 1. The van der Waals surface area contributed by atoms with Gasteiger partial charge in [0, 0.05) is 42.6 Å². The number of hydrogen-bond acceptors (Lipinski definition) is 5. The number of anilines is 1. The first kappa shape index (κ1) is 15.2. The maximum Gasteiger partial charge on any atom is 0.277 e. The zero-order chi connectivity index (χ0) is 15.2. The average Bonchev–Trinajstić information content (AvgIpc) is 2.50. The quantitative estimate of drug-likeness (QED) is 0.626. The van der Waals surface area contributed by atoms with Crippen LogP contribution in [-0.4, -0.2) is 34.7 Å². The van der Waals surface area contributed by atoms with E-state index in [0.717, 1.165) is 30.5 Å². The van der Waals surface area contributed by atoms with E-state index in [0.29, 0.717) is 11.9 Å². The van der Waals surface area contributed by atoms with E-state index < -0.39 is 0 Å². The number of nitro groups is 1. The minimum Gasteiger partial charge on any atom is -0.395 e. The second kappa shape index (κ2) is 6.99. The van der Waals surface area contributed by atoms with Crippen molar-refractivity contribution < 1.29 is 10.0 Å². The van der Waals surface area contributed by atoms with Gasteiger partial charge in [0.1, 0.15) is 0 Å². The van der Waals surface area contributed by atoms with Crippen LogP contribution >= 0.6 is 0 Å². The van der Waals surface area contributed by atoms with Crippen LogP contribution in [0, 0.1) is 10.1 Å². The summed E-state index contributed by atoms with van der Waals surface area (Å²) in [4.78, 5) is 16.9. The lowest BCUT2D eigenvalue weighted by atomic mass is 10.1. The average molecular weight is 289 g/mol. The van der Waals surface area contributed by atoms with E-state index in [4.69, 9.17) is 0 Å². The molecular formula is C15H19N3O3. The highest BCUT2D eigenvalue weighted by molar-refractivity contribution is 5.99. The standard InChI is InChI=1S/C15H19N3O3/c1-2-3-8-17(9-10-19)14-4-5-15(18(20)21)12-6-7-16-11-13(12)14/h4-7,11,19H,2-3,8-10H2,1H3. The van der Waals surface area contributed by atoms with Gasteiger partial charge in [-0.05, 0) is 18.6 Å². The van der Waals surface area contributed by atoms with Crippen LogP contribution in [0.15, 0.2) is 30.6 Å². The third-order valence-corrected chi connectivity index (χ3v) is 3.46. The Morgan fingerprint density at radius 2 is 2.10 bits per heavy atom. The van der Waals surface area contributed by atoms with Crippen molar-refractivity contribution in [3.05, 3.63) is 40.7 Å². The van der Waals surface area contributed by atoms with Crippen molar-refractivity contribution in [1.82, 2.24) is 4.98 Å². The Hall–Kier alpha value is -2.21. The first-order chi connectivity index (χ1) is 10.2. The molecule has 2 aromatic rings. The van der Waals surface area contributed by atoms with Gasteiger partial charge >= 0.3 is 0 Å². The number of benzene rings is 1. The second-order valence-electron chi connectivity index (χ2n) is 4.85. The molecule has 1 aromatic heterocycles. The van der Waals surface area contributed by atoms with Crippen molar-refractivity contribution >= 4 is 22.1 Å². The normalized spacial score (nSPS) is 10.8. The van der Waals surface area contributed by atoms with Gasteiger partial charge in [-0.15, -0.1) is 0 Å². The summed E-state index contributed by atoms with van der Waals surface area (Å²) in [6.07, 6.45) is 5.25. The van der Waals surface area contributed by atoms with Gasteiger partial charge in [0.05, 0.1) is 16.9 Å². The maximum atomic E-state index is 11.1. The number of nitro benzene ring substituents is 1. The van der Waals surface area contributed by atoms with Crippen LogP contribution in [0.3, 0.4) is 0 Å². The highest BCUT2D eigenvalue weighted by Crippen LogP contribution is 2.32. The van der Waals surface area contributed by atoms with Crippen LogP contribution in [0.2, 0.25) is 0 Å². The zero-order valence-corrected chi connectivity index (χ0v) is 12.0. The summed E-state index contributed by atoms with van der Waals surface area (Å²) in [7, 11) is 0. The predicted molar refractivity (Wildman–Crippen MR) is 82.6 cm³/mol. The first-order valence-corrected chi connectivity index (χ1v) is 7.06. The van der Waals surface area contributed by atoms with Crippen LogP contribution in [0.5, 0.6) is 0 Å². The second-order valence-corrected chi connectivity index (χ2v) is 4.85. The van der Waals surface area contributed by atoms with Gasteiger partial charge in [-0.3, -0.25) is 15.1 Å². The molecule has 2 rings (SSSR count). The molecule has 1 aromatic carbocycles. The number of aromatic nitrogens is 1. The summed E-state index contributed by atoms with van der Waals surface area (Å²) in [6.45, 7) is 3.45. The Kier molecular flexibility index (Phi) is 5.05. The topological polar surface area (TPSA) is 79.5 Å². The molecule has 0 aliphatic heterocycles. The van der Waals surface area contributed by atoms with Crippen molar-refractivity contribution in [2.24, 2.45) is 0 Å². The van der Waals surface area contributed by atoms with Crippen LogP contribution in [0.1, 0.15) is 19.8 Å². The number of hydrogen-bond donors (Lipinski definition) is 1. The molecule has 112 valence electrons. The van der Waals surface area contributed by atoms with Crippen molar-refractivity contribution in [2.75, 3.05) is 24.6 Å². The van der Waals surface area contributed by atoms with Gasteiger partial charge < -0.3 is 10.0 Å². The molecule has 0 unspecified atom stereocenters. The molecule has 0 fully saturated rings. The van der Waals surface area contributed by atoms with Gasteiger partial charge in [-0.2, -0.15) is 0 Å². The van der Waals surface area contributed by atoms with Crippen molar-refractivity contribution in [2.45, 2.75) is 19.8 Å². The van der Waals surface area contributed by atoms with E-state index in [1.54, 1.807) is 24.5 Å². The fraction of sp³-hybridized carbons (Fsp3) is 0.400. The molecular weight excluding hydrogens is 270 g/mol. The van der Waals surface area contributed by atoms with Crippen molar-refractivity contribution in [3.63, 3.8) is 0 Å². The molecule has 1 N–H and O–H groups in total. The predicted octanol–water partition coefficient (Wildman–Crippen LogP) is 2.74.